The molecule has 0 spiro atoms. The van der Waals surface area contributed by atoms with Crippen LogP contribution >= 0.6 is 15.9 Å². The topological polar surface area (TPSA) is 60.4 Å². The number of anilines is 3. The largest absolute Gasteiger partial charge is 0.354 e. The first-order valence-corrected chi connectivity index (χ1v) is 13.4. The standard InChI is InChI=1S/C28H34BrN7/c1-5-19(2)35(4)24-6-7-25-21(14-24)15-26(20-8-11-34(3)12-9-20)33-27(25)36-13-10-23(18-36)32-28-30-16-22(29)17-31-28/h5-7,14-17,20,23H,1-2,8-13,18H2,3-4H3,(H,30,31,32)/t23-/m1/s1. The van der Waals surface area contributed by atoms with Crippen molar-refractivity contribution in [1.82, 2.24) is 19.9 Å². The van der Waals surface area contributed by atoms with Crippen molar-refractivity contribution in [3.05, 3.63) is 71.8 Å². The fraction of sp³-hybridized carbons (Fsp3) is 0.393. The number of pyridine rings is 1. The van der Waals surface area contributed by atoms with Crippen LogP contribution < -0.4 is 15.1 Å². The summed E-state index contributed by atoms with van der Waals surface area (Å²) in [5.74, 6) is 2.24. The van der Waals surface area contributed by atoms with Crippen LogP contribution in [0.2, 0.25) is 0 Å². The Hall–Kier alpha value is -2.97. The Kier molecular flexibility index (Phi) is 7.25. The first kappa shape index (κ1) is 24.7. The molecule has 2 saturated heterocycles. The average molecular weight is 549 g/mol. The van der Waals surface area contributed by atoms with Gasteiger partial charge in [-0.1, -0.05) is 13.2 Å². The molecule has 1 aromatic carbocycles. The van der Waals surface area contributed by atoms with E-state index >= 15 is 0 Å². The number of piperidine rings is 1. The molecular weight excluding hydrogens is 514 g/mol. The molecule has 36 heavy (non-hydrogen) atoms. The van der Waals surface area contributed by atoms with Gasteiger partial charge >= 0.3 is 0 Å². The predicted molar refractivity (Wildman–Crippen MR) is 153 cm³/mol. The highest BCUT2D eigenvalue weighted by atomic mass is 79.9. The van der Waals surface area contributed by atoms with Crippen molar-refractivity contribution in [3.63, 3.8) is 0 Å². The Morgan fingerprint density at radius 2 is 1.89 bits per heavy atom. The van der Waals surface area contributed by atoms with Crippen molar-refractivity contribution in [2.24, 2.45) is 0 Å². The number of nitrogens with zero attached hydrogens (tertiary/aromatic N) is 6. The zero-order chi connectivity index (χ0) is 25.2. The molecule has 0 saturated carbocycles. The highest BCUT2D eigenvalue weighted by molar-refractivity contribution is 9.10. The maximum absolute atomic E-state index is 5.31. The number of allylic oxidation sites excluding steroid dienone is 1. The van der Waals surface area contributed by atoms with Gasteiger partial charge in [0.25, 0.3) is 0 Å². The number of nitrogens with one attached hydrogen (secondary N) is 1. The number of likely N-dealkylation sites (N-methyl/N-ethyl adjacent to an activating group) is 1. The van der Waals surface area contributed by atoms with Crippen LogP contribution in [0, 0.1) is 0 Å². The molecule has 1 N–H and O–H groups in total. The minimum absolute atomic E-state index is 0.274. The summed E-state index contributed by atoms with van der Waals surface area (Å²) in [4.78, 5) is 21.0. The van der Waals surface area contributed by atoms with Gasteiger partial charge in [0.15, 0.2) is 0 Å². The van der Waals surface area contributed by atoms with Crippen LogP contribution in [0.4, 0.5) is 17.5 Å². The summed E-state index contributed by atoms with van der Waals surface area (Å²) in [6.45, 7) is 12.0. The Labute approximate surface area is 222 Å². The van der Waals surface area contributed by atoms with Crippen LogP contribution in [0.1, 0.15) is 30.9 Å². The molecule has 2 aromatic heterocycles. The number of aromatic nitrogens is 3. The van der Waals surface area contributed by atoms with E-state index in [-0.39, 0.29) is 6.04 Å². The third kappa shape index (κ3) is 5.25. The Bertz CT molecular complexity index is 1250. The second kappa shape index (κ2) is 10.6. The van der Waals surface area contributed by atoms with Crippen molar-refractivity contribution < 1.29 is 0 Å². The molecule has 4 heterocycles. The molecule has 188 valence electrons. The monoisotopic (exact) mass is 547 g/mol. The third-order valence-corrected chi connectivity index (χ3v) is 7.86. The summed E-state index contributed by atoms with van der Waals surface area (Å²) in [5.41, 5.74) is 3.19. The summed E-state index contributed by atoms with van der Waals surface area (Å²) in [6, 6.07) is 9.20. The minimum Gasteiger partial charge on any atom is -0.354 e. The molecule has 0 bridgehead atoms. The van der Waals surface area contributed by atoms with Crippen molar-refractivity contribution in [1.29, 1.82) is 0 Å². The third-order valence-electron chi connectivity index (χ3n) is 7.45. The minimum atomic E-state index is 0.274. The predicted octanol–water partition coefficient (Wildman–Crippen LogP) is 5.42. The summed E-state index contributed by atoms with van der Waals surface area (Å²) in [6.07, 6.45) is 8.65. The quantitative estimate of drug-likeness (QED) is 0.396. The van der Waals surface area contributed by atoms with E-state index in [0.717, 1.165) is 67.1 Å². The van der Waals surface area contributed by atoms with Gasteiger partial charge in [-0.3, -0.25) is 0 Å². The van der Waals surface area contributed by atoms with Crippen LogP contribution in [0.5, 0.6) is 0 Å². The van der Waals surface area contributed by atoms with Crippen LogP contribution in [0.15, 0.2) is 66.1 Å². The SMILES string of the molecule is C=CC(=C)N(C)c1ccc2c(N3CC[C@@H](Nc4ncc(Br)cn4)C3)nc(C3CCN(C)CC3)cc2c1. The first-order valence-electron chi connectivity index (χ1n) is 12.6. The van der Waals surface area contributed by atoms with Crippen molar-refractivity contribution >= 4 is 44.2 Å². The van der Waals surface area contributed by atoms with Gasteiger partial charge in [-0.15, -0.1) is 0 Å². The van der Waals surface area contributed by atoms with Gasteiger partial charge in [-0.25, -0.2) is 15.0 Å². The van der Waals surface area contributed by atoms with E-state index in [4.69, 9.17) is 4.98 Å². The van der Waals surface area contributed by atoms with Gasteiger partial charge in [0.2, 0.25) is 5.95 Å². The second-order valence-electron chi connectivity index (χ2n) is 9.91. The molecule has 1 atom stereocenters. The van der Waals surface area contributed by atoms with E-state index in [9.17, 15) is 0 Å². The molecule has 7 nitrogen and oxygen atoms in total. The van der Waals surface area contributed by atoms with E-state index in [1.54, 1.807) is 18.5 Å². The van der Waals surface area contributed by atoms with Crippen LogP contribution in [-0.2, 0) is 0 Å². The summed E-state index contributed by atoms with van der Waals surface area (Å²) >= 11 is 3.41. The first-order chi connectivity index (χ1) is 17.4. The van der Waals surface area contributed by atoms with Crippen molar-refractivity contribution in [3.8, 4) is 0 Å². The second-order valence-corrected chi connectivity index (χ2v) is 10.8. The highest BCUT2D eigenvalue weighted by Gasteiger charge is 2.27. The molecule has 2 fully saturated rings. The Balaban J connectivity index is 1.47. The molecule has 3 aromatic rings. The number of fused-ring (bicyclic) bond motifs is 1. The molecule has 5 rings (SSSR count). The fourth-order valence-corrected chi connectivity index (χ4v) is 5.36. The smallest absolute Gasteiger partial charge is 0.222 e. The summed E-state index contributed by atoms with van der Waals surface area (Å²) in [5, 5.41) is 5.91. The van der Waals surface area contributed by atoms with Gasteiger partial charge in [0, 0.05) is 67.0 Å². The molecule has 2 aliphatic heterocycles. The lowest BCUT2D eigenvalue weighted by Crippen LogP contribution is -2.30. The summed E-state index contributed by atoms with van der Waals surface area (Å²) < 4.78 is 0.879. The van der Waals surface area contributed by atoms with Crippen LogP contribution in [-0.4, -0.2) is 66.2 Å². The lowest BCUT2D eigenvalue weighted by Gasteiger charge is -2.30. The molecule has 0 radical (unpaired) electrons. The van der Waals surface area contributed by atoms with Crippen molar-refractivity contribution in [2.45, 2.75) is 31.2 Å². The molecule has 2 aliphatic rings. The maximum Gasteiger partial charge on any atom is 0.222 e. The van der Waals surface area contributed by atoms with Crippen LogP contribution in [0.3, 0.4) is 0 Å². The number of likely N-dealkylation sites (tertiary alicyclic amines) is 1. The molecular formula is C28H34BrN7. The van der Waals surface area contributed by atoms with E-state index < -0.39 is 0 Å². The normalized spacial score (nSPS) is 19.0. The molecule has 0 aliphatic carbocycles. The van der Waals surface area contributed by atoms with Crippen LogP contribution in [0.25, 0.3) is 10.8 Å². The zero-order valence-corrected chi connectivity index (χ0v) is 22.7. The van der Waals surface area contributed by atoms with Crippen molar-refractivity contribution in [2.75, 3.05) is 55.4 Å². The number of hydrogen-bond acceptors (Lipinski definition) is 7. The lowest BCUT2D eigenvalue weighted by molar-refractivity contribution is 0.253. The zero-order valence-electron chi connectivity index (χ0n) is 21.1. The van der Waals surface area contributed by atoms with Gasteiger partial charge < -0.3 is 20.0 Å². The fourth-order valence-electron chi connectivity index (χ4n) is 5.15. The number of rotatable bonds is 7. The van der Waals surface area contributed by atoms with Gasteiger partial charge in [0.1, 0.15) is 5.82 Å². The number of benzene rings is 1. The average Bonchev–Trinajstić information content (AvgIpc) is 3.36. The molecule has 0 amide bonds. The van der Waals surface area contributed by atoms with E-state index in [1.165, 1.54) is 16.5 Å². The van der Waals surface area contributed by atoms with Gasteiger partial charge in [0.05, 0.1) is 4.47 Å². The Morgan fingerprint density at radius 1 is 1.14 bits per heavy atom. The lowest BCUT2D eigenvalue weighted by atomic mass is 9.92. The summed E-state index contributed by atoms with van der Waals surface area (Å²) in [7, 11) is 4.24. The number of hydrogen-bond donors (Lipinski definition) is 1. The van der Waals surface area contributed by atoms with Gasteiger partial charge in [-0.2, -0.15) is 0 Å². The molecule has 8 heteroatoms. The van der Waals surface area contributed by atoms with E-state index in [1.807, 2.05) is 7.05 Å². The van der Waals surface area contributed by atoms with E-state index in [0.29, 0.717) is 11.9 Å². The number of halogens is 1. The van der Waals surface area contributed by atoms with Gasteiger partial charge in [-0.05, 0) is 91.1 Å². The molecule has 0 unspecified atom stereocenters. The highest BCUT2D eigenvalue weighted by Crippen LogP contribution is 2.36. The Morgan fingerprint density at radius 3 is 2.61 bits per heavy atom. The maximum atomic E-state index is 5.31. The van der Waals surface area contributed by atoms with E-state index in [2.05, 4.69) is 90.4 Å².